The monoisotopic (exact) mass is 1160 g/mol. The Morgan fingerprint density at radius 1 is 0.390 bits per heavy atom. The average Bonchev–Trinajstić information content (AvgIpc) is 3.46. The number of likely N-dealkylation sites (N-methyl/N-ethyl adjacent to an activating group) is 1. The minimum Gasteiger partial charge on any atom is -0.462 e. The first-order valence-corrected chi connectivity index (χ1v) is 34.4. The molecule has 0 aromatic carbocycles. The van der Waals surface area contributed by atoms with E-state index in [9.17, 15) is 19.0 Å². The summed E-state index contributed by atoms with van der Waals surface area (Å²) in [6.07, 6.45) is 89.7. The van der Waals surface area contributed by atoms with Gasteiger partial charge in [0, 0.05) is 12.8 Å². The Hall–Kier alpha value is -3.85. The number of hydrogen-bond donors (Lipinski definition) is 1. The summed E-state index contributed by atoms with van der Waals surface area (Å²) in [5, 5.41) is 0. The molecule has 0 saturated heterocycles. The molecule has 0 aromatic rings. The van der Waals surface area contributed by atoms with Gasteiger partial charge in [0.2, 0.25) is 0 Å². The van der Waals surface area contributed by atoms with Crippen molar-refractivity contribution in [3.63, 3.8) is 0 Å². The van der Waals surface area contributed by atoms with Crippen molar-refractivity contribution in [1.82, 2.24) is 0 Å². The maximum Gasteiger partial charge on any atom is 0.472 e. The molecular weight excluding hydrogens is 1040 g/mol. The Balaban J connectivity index is 4.19. The fourth-order valence-corrected chi connectivity index (χ4v) is 9.37. The zero-order valence-corrected chi connectivity index (χ0v) is 54.1. The molecule has 0 amide bonds. The third-order valence-electron chi connectivity index (χ3n) is 13.7. The molecule has 0 aromatic heterocycles. The number of allylic oxidation sites excluding steroid dienone is 22. The summed E-state index contributed by atoms with van der Waals surface area (Å²) in [5.74, 6) is -0.853. The molecule has 468 valence electrons. The highest BCUT2D eigenvalue weighted by atomic mass is 31.2. The molecular formula is C72H123NO8P+. The first kappa shape index (κ1) is 78.1. The summed E-state index contributed by atoms with van der Waals surface area (Å²) >= 11 is 0. The standard InChI is InChI=1S/C72H122NO8P/c1-6-8-10-12-14-16-18-20-22-24-26-28-30-32-34-35-36-37-39-40-42-44-46-48-50-52-54-56-58-60-62-64-71(74)78-68-70(69-80-82(76,77)79-67-66-73(3,4)5)81-72(75)65-63-61-59-57-55-53-51-49-47-45-43-41-38-33-31-29-27-25-23-21-19-17-15-13-11-9-7-2/h9,11,15,17-18,20-21,23-24,26-27,29-30,32-33,38,43,45,49,51,55,57,70H,6-8,10,12-14,16,19,22,25,28,31,34-37,39-42,44,46-48,50,52-54,56,58-69H2,1-5H3/p+1/b11-9-,17-15-,20-18-,23-21-,26-24-,29-27-,32-30-,38-33-,45-43-,51-49-,57-55-. The number of hydrogen-bond acceptors (Lipinski definition) is 7. The predicted octanol–water partition coefficient (Wildman–Crippen LogP) is 21.3. The number of carbonyl (C=O) groups is 2. The number of carbonyl (C=O) groups excluding carboxylic acids is 2. The van der Waals surface area contributed by atoms with E-state index >= 15 is 0 Å². The first-order valence-electron chi connectivity index (χ1n) is 32.9. The number of nitrogens with zero attached hydrogens (tertiary/aromatic N) is 1. The lowest BCUT2D eigenvalue weighted by Gasteiger charge is -2.24. The molecule has 1 N–H and O–H groups in total. The van der Waals surface area contributed by atoms with E-state index in [4.69, 9.17) is 18.5 Å². The van der Waals surface area contributed by atoms with Crippen molar-refractivity contribution in [2.45, 2.75) is 264 Å². The van der Waals surface area contributed by atoms with E-state index in [1.165, 1.54) is 128 Å². The highest BCUT2D eigenvalue weighted by molar-refractivity contribution is 7.47. The molecule has 0 aliphatic rings. The van der Waals surface area contributed by atoms with Crippen LogP contribution in [-0.4, -0.2) is 74.9 Å². The van der Waals surface area contributed by atoms with E-state index in [0.717, 1.165) is 96.3 Å². The van der Waals surface area contributed by atoms with Crippen molar-refractivity contribution in [2.24, 2.45) is 0 Å². The molecule has 0 rings (SSSR count). The fraction of sp³-hybridized carbons (Fsp3) is 0.667. The van der Waals surface area contributed by atoms with Gasteiger partial charge in [-0.1, -0.05) is 263 Å². The van der Waals surface area contributed by atoms with Crippen molar-refractivity contribution < 1.29 is 42.1 Å². The zero-order valence-electron chi connectivity index (χ0n) is 53.2. The lowest BCUT2D eigenvalue weighted by molar-refractivity contribution is -0.870. The lowest BCUT2D eigenvalue weighted by Crippen LogP contribution is -2.37. The van der Waals surface area contributed by atoms with Gasteiger partial charge in [0.15, 0.2) is 6.10 Å². The van der Waals surface area contributed by atoms with Gasteiger partial charge in [-0.2, -0.15) is 0 Å². The number of esters is 2. The zero-order chi connectivity index (χ0) is 59.8. The van der Waals surface area contributed by atoms with E-state index in [-0.39, 0.29) is 32.0 Å². The summed E-state index contributed by atoms with van der Waals surface area (Å²) in [6, 6.07) is 0. The predicted molar refractivity (Wildman–Crippen MR) is 353 cm³/mol. The van der Waals surface area contributed by atoms with Crippen molar-refractivity contribution >= 4 is 19.8 Å². The quantitative estimate of drug-likeness (QED) is 0.0211. The van der Waals surface area contributed by atoms with Gasteiger partial charge in [-0.05, 0) is 116 Å². The molecule has 82 heavy (non-hydrogen) atoms. The van der Waals surface area contributed by atoms with E-state index in [1.54, 1.807) is 0 Å². The van der Waals surface area contributed by atoms with Crippen molar-refractivity contribution in [1.29, 1.82) is 0 Å². The molecule has 2 atom stereocenters. The lowest BCUT2D eigenvalue weighted by atomic mass is 10.0. The number of unbranched alkanes of at least 4 members (excludes halogenated alkanes) is 23. The second kappa shape index (κ2) is 61.7. The van der Waals surface area contributed by atoms with E-state index in [2.05, 4.69) is 148 Å². The van der Waals surface area contributed by atoms with Crippen LogP contribution in [0.2, 0.25) is 0 Å². The van der Waals surface area contributed by atoms with Gasteiger partial charge in [0.1, 0.15) is 19.8 Å². The summed E-state index contributed by atoms with van der Waals surface area (Å²) in [7, 11) is 1.43. The van der Waals surface area contributed by atoms with E-state index in [1.807, 2.05) is 21.1 Å². The third-order valence-corrected chi connectivity index (χ3v) is 14.6. The normalized spacial score (nSPS) is 14.1. The Morgan fingerprint density at radius 2 is 0.695 bits per heavy atom. The number of phosphoric ester groups is 1. The Kier molecular flexibility index (Phi) is 58.8. The van der Waals surface area contributed by atoms with Gasteiger partial charge in [-0.15, -0.1) is 0 Å². The average molecular weight is 1160 g/mol. The van der Waals surface area contributed by atoms with Crippen molar-refractivity contribution in [3.05, 3.63) is 134 Å². The largest absolute Gasteiger partial charge is 0.472 e. The van der Waals surface area contributed by atoms with Crippen molar-refractivity contribution in [3.8, 4) is 0 Å². The van der Waals surface area contributed by atoms with Crippen LogP contribution in [0.3, 0.4) is 0 Å². The Bertz CT molecular complexity index is 1850. The van der Waals surface area contributed by atoms with Crippen LogP contribution in [0.1, 0.15) is 258 Å². The molecule has 0 aliphatic carbocycles. The maximum absolute atomic E-state index is 12.8. The van der Waals surface area contributed by atoms with Gasteiger partial charge < -0.3 is 18.9 Å². The molecule has 0 fully saturated rings. The molecule has 0 spiro atoms. The molecule has 0 saturated carbocycles. The highest BCUT2D eigenvalue weighted by Gasteiger charge is 2.27. The van der Waals surface area contributed by atoms with Crippen LogP contribution in [-0.2, 0) is 32.7 Å². The molecule has 10 heteroatoms. The number of phosphoric acid groups is 1. The summed E-state index contributed by atoms with van der Waals surface area (Å²) in [6.45, 7) is 4.26. The van der Waals surface area contributed by atoms with Crippen LogP contribution in [0, 0.1) is 0 Å². The van der Waals surface area contributed by atoms with Gasteiger partial charge in [0.05, 0.1) is 27.7 Å². The van der Waals surface area contributed by atoms with Gasteiger partial charge in [-0.25, -0.2) is 4.57 Å². The molecule has 2 unspecified atom stereocenters. The second-order valence-corrected chi connectivity index (χ2v) is 24.2. The first-order chi connectivity index (χ1) is 40.0. The van der Waals surface area contributed by atoms with E-state index < -0.39 is 26.5 Å². The molecule has 0 radical (unpaired) electrons. The minimum atomic E-state index is -4.41. The molecule has 9 nitrogen and oxygen atoms in total. The SMILES string of the molecule is CC/C=C\C/C=C\C/C=C\C/C=C\C/C=C\C/C=C\C/C=C\C/C=C\CCCCC(=O)OC(COC(=O)CCCCCCCCCCCCCCCCCC/C=C\C/C=C\C/C=C\CCCCCCC)COP(=O)(O)OCC[N+](C)(C)C. The van der Waals surface area contributed by atoms with Gasteiger partial charge >= 0.3 is 19.8 Å². The third kappa shape index (κ3) is 65.3. The van der Waals surface area contributed by atoms with Crippen LogP contribution in [0.4, 0.5) is 0 Å². The smallest absolute Gasteiger partial charge is 0.462 e. The molecule has 0 aliphatic heterocycles. The van der Waals surface area contributed by atoms with Gasteiger partial charge in [-0.3, -0.25) is 18.6 Å². The highest BCUT2D eigenvalue weighted by Crippen LogP contribution is 2.43. The number of rotatable bonds is 59. The van der Waals surface area contributed by atoms with Crippen LogP contribution in [0.25, 0.3) is 0 Å². The fourth-order valence-electron chi connectivity index (χ4n) is 8.63. The van der Waals surface area contributed by atoms with Crippen LogP contribution < -0.4 is 0 Å². The van der Waals surface area contributed by atoms with E-state index in [0.29, 0.717) is 17.4 Å². The number of quaternary nitrogens is 1. The van der Waals surface area contributed by atoms with Gasteiger partial charge in [0.25, 0.3) is 0 Å². The maximum atomic E-state index is 12.8. The summed E-state index contributed by atoms with van der Waals surface area (Å²) in [5.41, 5.74) is 0. The topological polar surface area (TPSA) is 108 Å². The summed E-state index contributed by atoms with van der Waals surface area (Å²) in [4.78, 5) is 35.8. The summed E-state index contributed by atoms with van der Waals surface area (Å²) < 4.78 is 34.6. The van der Waals surface area contributed by atoms with Crippen molar-refractivity contribution in [2.75, 3.05) is 47.5 Å². The minimum absolute atomic E-state index is 0.0163. The Morgan fingerprint density at radius 3 is 1.06 bits per heavy atom. The van der Waals surface area contributed by atoms with Crippen LogP contribution in [0.15, 0.2) is 134 Å². The molecule has 0 heterocycles. The number of ether oxygens (including phenoxy) is 2. The Labute approximate surface area is 504 Å². The van der Waals surface area contributed by atoms with Crippen LogP contribution in [0.5, 0.6) is 0 Å². The second-order valence-electron chi connectivity index (χ2n) is 22.8. The molecule has 0 bridgehead atoms. The van der Waals surface area contributed by atoms with Crippen LogP contribution >= 0.6 is 7.82 Å².